The highest BCUT2D eigenvalue weighted by Crippen LogP contribution is 2.50. The molecule has 1 amide bonds. The van der Waals surface area contributed by atoms with Gasteiger partial charge in [0.2, 0.25) is 5.88 Å². The van der Waals surface area contributed by atoms with E-state index in [4.69, 9.17) is 15.1 Å². The number of carbonyl (C=O) groups excluding carboxylic acids is 1. The lowest BCUT2D eigenvalue weighted by Crippen LogP contribution is -2.39. The lowest BCUT2D eigenvalue weighted by Gasteiger charge is -2.31. The quantitative estimate of drug-likeness (QED) is 0.278. The number of benzene rings is 2. The molecule has 0 spiro atoms. The second-order valence-corrected chi connectivity index (χ2v) is 11.3. The Balaban J connectivity index is 1.22. The molecule has 2 aliphatic heterocycles. The molecule has 3 aliphatic rings. The van der Waals surface area contributed by atoms with Gasteiger partial charge >= 0.3 is 0 Å². The van der Waals surface area contributed by atoms with Gasteiger partial charge in [0.1, 0.15) is 17.3 Å². The van der Waals surface area contributed by atoms with Crippen LogP contribution < -0.4 is 10.1 Å². The Bertz CT molecular complexity index is 1510. The molecular weight excluding hydrogens is 529 g/mol. The first-order valence-electron chi connectivity index (χ1n) is 14.9. The number of rotatable bonds is 9. The summed E-state index contributed by atoms with van der Waals surface area (Å²) >= 11 is 0. The number of aromatic nitrogens is 1. The fourth-order valence-corrected chi connectivity index (χ4v) is 6.03. The number of carbonyl (C=O) groups is 1. The van der Waals surface area contributed by atoms with Crippen LogP contribution in [0.5, 0.6) is 11.6 Å². The van der Waals surface area contributed by atoms with Crippen LogP contribution >= 0.6 is 0 Å². The van der Waals surface area contributed by atoms with E-state index in [1.54, 1.807) is 24.5 Å². The van der Waals surface area contributed by atoms with Crippen LogP contribution in [0.2, 0.25) is 0 Å². The van der Waals surface area contributed by atoms with Crippen molar-refractivity contribution in [1.82, 2.24) is 9.88 Å². The molecule has 3 atom stereocenters. The first-order valence-corrected chi connectivity index (χ1v) is 14.9. The van der Waals surface area contributed by atoms with E-state index in [1.807, 2.05) is 0 Å². The molecule has 1 aromatic heterocycles. The van der Waals surface area contributed by atoms with Crippen LogP contribution in [0.1, 0.15) is 61.6 Å². The molecule has 3 heterocycles. The van der Waals surface area contributed by atoms with Crippen molar-refractivity contribution in [3.63, 3.8) is 0 Å². The largest absolute Gasteiger partial charge is 0.439 e. The number of pyridine rings is 1. The molecule has 2 aromatic carbocycles. The van der Waals surface area contributed by atoms with E-state index in [0.29, 0.717) is 41.4 Å². The zero-order valence-corrected chi connectivity index (χ0v) is 23.9. The maximum atomic E-state index is 13.6. The number of anilines is 1. The fourth-order valence-electron chi connectivity index (χ4n) is 6.03. The first-order chi connectivity index (χ1) is 20.5. The minimum absolute atomic E-state index is 0.0224. The Morgan fingerprint density at radius 2 is 1.95 bits per heavy atom. The van der Waals surface area contributed by atoms with Crippen LogP contribution in [0.25, 0.3) is 5.57 Å². The standard InChI is InChI=1S/C34H36FN5O2/c1-2-22(16-27(19-36)40-14-4-3-5-15-40)23-6-12-29-30-18-24(30)20-38-33(31(29)17-23)34(41)39-26-9-13-32(37-21-26)42-28-10-7-25(35)8-11-28/h6-13,16-17,19,21,24,27,30,36H,2-5,14-15,18,20H2,1H3,(H,39,41)/b22-16+,36-19?. The van der Waals surface area contributed by atoms with Crippen LogP contribution in [0, 0.1) is 17.1 Å². The lowest BCUT2D eigenvalue weighted by molar-refractivity contribution is -0.110. The smallest absolute Gasteiger partial charge is 0.274 e. The third kappa shape index (κ3) is 6.19. The van der Waals surface area contributed by atoms with Crippen LogP contribution in [0.15, 0.2) is 71.9 Å². The summed E-state index contributed by atoms with van der Waals surface area (Å²) in [5.41, 5.74) is 5.30. The zero-order valence-electron chi connectivity index (χ0n) is 23.9. The molecule has 7 nitrogen and oxygen atoms in total. The SMILES string of the molecule is CC/C(=C\C(C=N)N1CCCCC1)c1ccc2c(c1)C(C(=O)Nc1ccc(Oc3ccc(F)cc3)nc1)=NCC1CC21. The minimum Gasteiger partial charge on any atom is -0.439 e. The molecule has 1 saturated carbocycles. The molecule has 6 rings (SSSR count). The minimum atomic E-state index is -0.337. The molecular formula is C34H36FN5O2. The molecule has 8 heteroatoms. The molecule has 2 N–H and O–H groups in total. The van der Waals surface area contributed by atoms with Crippen molar-refractivity contribution in [1.29, 1.82) is 5.41 Å². The number of hydrogen-bond acceptors (Lipinski definition) is 6. The van der Waals surface area contributed by atoms with Crippen LogP contribution in [-0.2, 0) is 4.79 Å². The van der Waals surface area contributed by atoms with Gasteiger partial charge in [0.25, 0.3) is 5.91 Å². The molecule has 0 bridgehead atoms. The summed E-state index contributed by atoms with van der Waals surface area (Å²) in [6, 6.07) is 15.6. The maximum Gasteiger partial charge on any atom is 0.274 e. The Morgan fingerprint density at radius 3 is 2.67 bits per heavy atom. The molecule has 1 aliphatic carbocycles. The van der Waals surface area contributed by atoms with Gasteiger partial charge in [-0.2, -0.15) is 0 Å². The topological polar surface area (TPSA) is 90.7 Å². The van der Waals surface area contributed by atoms with Crippen molar-refractivity contribution in [2.75, 3.05) is 25.0 Å². The van der Waals surface area contributed by atoms with Crippen LogP contribution in [-0.4, -0.2) is 53.4 Å². The summed E-state index contributed by atoms with van der Waals surface area (Å²) in [7, 11) is 0. The number of aliphatic imine (C=N–C) groups is 1. The average molecular weight is 566 g/mol. The van der Waals surface area contributed by atoms with Crippen molar-refractivity contribution in [2.45, 2.75) is 51.0 Å². The third-order valence-electron chi connectivity index (χ3n) is 8.47. The molecule has 3 aromatic rings. The Hall–Kier alpha value is -4.17. The second-order valence-electron chi connectivity index (χ2n) is 11.3. The van der Waals surface area contributed by atoms with Gasteiger partial charge in [-0.3, -0.25) is 14.7 Å². The number of fused-ring (bicyclic) bond motifs is 3. The summed E-state index contributed by atoms with van der Waals surface area (Å²) in [5.74, 6) is 1.12. The van der Waals surface area contributed by atoms with Gasteiger partial charge in [0, 0.05) is 24.4 Å². The fraction of sp³-hybridized carbons (Fsp3) is 0.353. The molecule has 42 heavy (non-hydrogen) atoms. The Labute approximate surface area is 246 Å². The molecule has 1 saturated heterocycles. The van der Waals surface area contributed by atoms with Crippen molar-refractivity contribution >= 4 is 29.1 Å². The number of nitrogens with one attached hydrogen (secondary N) is 2. The van der Waals surface area contributed by atoms with E-state index in [-0.39, 0.29) is 17.8 Å². The Kier molecular flexibility index (Phi) is 8.24. The number of allylic oxidation sites excluding steroid dienone is 1. The molecule has 2 fully saturated rings. The average Bonchev–Trinajstić information content (AvgIpc) is 3.81. The highest BCUT2D eigenvalue weighted by molar-refractivity contribution is 6.49. The second kappa shape index (κ2) is 12.4. The number of halogens is 1. The number of amides is 1. The van der Waals surface area contributed by atoms with E-state index in [2.05, 4.69) is 46.4 Å². The van der Waals surface area contributed by atoms with Gasteiger partial charge in [-0.05, 0) is 104 Å². The van der Waals surface area contributed by atoms with Gasteiger partial charge in [-0.15, -0.1) is 0 Å². The number of nitrogens with zero attached hydrogens (tertiary/aromatic N) is 3. The molecule has 0 radical (unpaired) electrons. The summed E-state index contributed by atoms with van der Waals surface area (Å²) < 4.78 is 18.8. The molecule has 216 valence electrons. The van der Waals surface area contributed by atoms with Gasteiger partial charge < -0.3 is 15.5 Å². The molecule has 3 unspecified atom stereocenters. The Morgan fingerprint density at radius 1 is 1.14 bits per heavy atom. The van der Waals surface area contributed by atoms with E-state index in [0.717, 1.165) is 37.1 Å². The van der Waals surface area contributed by atoms with E-state index in [1.165, 1.54) is 54.7 Å². The zero-order chi connectivity index (χ0) is 29.1. The van der Waals surface area contributed by atoms with Crippen LogP contribution in [0.4, 0.5) is 10.1 Å². The predicted octanol–water partition coefficient (Wildman–Crippen LogP) is 6.86. The highest BCUT2D eigenvalue weighted by atomic mass is 19.1. The van der Waals surface area contributed by atoms with E-state index < -0.39 is 0 Å². The number of ether oxygens (including phenoxy) is 1. The van der Waals surface area contributed by atoms with Gasteiger partial charge in [-0.25, -0.2) is 9.37 Å². The maximum absolute atomic E-state index is 13.6. The van der Waals surface area contributed by atoms with Gasteiger partial charge in [-0.1, -0.05) is 31.6 Å². The van der Waals surface area contributed by atoms with Gasteiger partial charge in [0.15, 0.2) is 0 Å². The van der Waals surface area contributed by atoms with E-state index in [9.17, 15) is 9.18 Å². The summed E-state index contributed by atoms with van der Waals surface area (Å²) in [4.78, 5) is 25.1. The number of hydrogen-bond donors (Lipinski definition) is 2. The normalized spacial score (nSPS) is 20.8. The first kappa shape index (κ1) is 28.0. The van der Waals surface area contributed by atoms with Crippen molar-refractivity contribution in [2.24, 2.45) is 10.9 Å². The van der Waals surface area contributed by atoms with Gasteiger partial charge in [0.05, 0.1) is 17.9 Å². The number of piperidine rings is 1. The van der Waals surface area contributed by atoms with Crippen LogP contribution in [0.3, 0.4) is 0 Å². The summed E-state index contributed by atoms with van der Waals surface area (Å²) in [5, 5.41) is 11.1. The predicted molar refractivity (Wildman–Crippen MR) is 164 cm³/mol. The van der Waals surface area contributed by atoms with E-state index >= 15 is 0 Å². The summed E-state index contributed by atoms with van der Waals surface area (Å²) in [6.45, 7) is 4.82. The van der Waals surface area contributed by atoms with Crippen molar-refractivity contribution in [3.05, 3.63) is 89.4 Å². The lowest BCUT2D eigenvalue weighted by atomic mass is 9.92. The third-order valence-corrected chi connectivity index (χ3v) is 8.47. The van der Waals surface area contributed by atoms with Crippen molar-refractivity contribution in [3.8, 4) is 11.6 Å². The number of likely N-dealkylation sites (tertiary alicyclic amines) is 1. The highest BCUT2D eigenvalue weighted by Gasteiger charge is 2.42. The summed E-state index contributed by atoms with van der Waals surface area (Å²) in [6.07, 6.45) is 10.8. The monoisotopic (exact) mass is 565 g/mol. The van der Waals surface area contributed by atoms with Crippen molar-refractivity contribution < 1.29 is 13.9 Å².